The molecule has 34 heavy (non-hydrogen) atoms. The Balaban J connectivity index is 1.82. The predicted molar refractivity (Wildman–Crippen MR) is 156 cm³/mol. The first-order chi connectivity index (χ1) is 16.6. The normalized spacial score (nSPS) is 12.5. The zero-order valence-corrected chi connectivity index (χ0v) is 23.2. The summed E-state index contributed by atoms with van der Waals surface area (Å²) in [6.45, 7) is 8.43. The van der Waals surface area contributed by atoms with E-state index in [0.29, 0.717) is 6.61 Å². The van der Waals surface area contributed by atoms with Crippen LogP contribution < -0.4 is 4.74 Å². The highest BCUT2D eigenvalue weighted by Crippen LogP contribution is 2.35. The van der Waals surface area contributed by atoms with Gasteiger partial charge in [-0.1, -0.05) is 116 Å². The highest BCUT2D eigenvalue weighted by Gasteiger charge is 2.29. The molecule has 3 aromatic rings. The van der Waals surface area contributed by atoms with Gasteiger partial charge in [0.1, 0.15) is 12.4 Å². The van der Waals surface area contributed by atoms with Gasteiger partial charge in [0.25, 0.3) is 0 Å². The molecule has 0 saturated heterocycles. The van der Waals surface area contributed by atoms with E-state index in [4.69, 9.17) is 4.74 Å². The lowest BCUT2D eigenvalue weighted by Crippen LogP contribution is -2.48. The van der Waals surface area contributed by atoms with Gasteiger partial charge in [0.2, 0.25) is 0 Å². The molecule has 0 aliphatic carbocycles. The van der Waals surface area contributed by atoms with Crippen molar-refractivity contribution in [3.63, 3.8) is 0 Å². The van der Waals surface area contributed by atoms with Gasteiger partial charge in [-0.15, -0.1) is 0 Å². The highest BCUT2D eigenvalue weighted by molar-refractivity contribution is 14.1. The van der Waals surface area contributed by atoms with Crippen LogP contribution in [0.2, 0.25) is 0 Å². The van der Waals surface area contributed by atoms with Crippen molar-refractivity contribution >= 4 is 33.7 Å². The van der Waals surface area contributed by atoms with Crippen molar-refractivity contribution in [1.82, 2.24) is 4.90 Å². The van der Waals surface area contributed by atoms with Crippen molar-refractivity contribution in [3.8, 4) is 5.75 Å². The van der Waals surface area contributed by atoms with E-state index in [9.17, 15) is 0 Å². The molecule has 0 atom stereocenters. The number of rotatable bonds is 12. The van der Waals surface area contributed by atoms with Crippen LogP contribution in [0, 0.1) is 0 Å². The van der Waals surface area contributed by atoms with Crippen molar-refractivity contribution in [1.29, 1.82) is 0 Å². The summed E-state index contributed by atoms with van der Waals surface area (Å²) in [5, 5.41) is 0. The molecule has 0 aliphatic rings. The third kappa shape index (κ3) is 6.31. The molecule has 0 bridgehead atoms. The Labute approximate surface area is 220 Å². The molecule has 0 heterocycles. The van der Waals surface area contributed by atoms with E-state index in [1.807, 2.05) is 0 Å². The number of alkyl halides is 1. The summed E-state index contributed by atoms with van der Waals surface area (Å²) >= 11 is 2.52. The van der Waals surface area contributed by atoms with Gasteiger partial charge in [-0.3, -0.25) is 4.90 Å². The second-order valence-electron chi connectivity index (χ2n) is 8.80. The molecule has 2 nitrogen and oxygen atoms in total. The minimum absolute atomic E-state index is 0.261. The van der Waals surface area contributed by atoms with Crippen LogP contribution >= 0.6 is 22.6 Å². The molecule has 0 fully saturated rings. The Morgan fingerprint density at radius 3 is 1.79 bits per heavy atom. The monoisotopic (exact) mass is 567 g/mol. The van der Waals surface area contributed by atoms with E-state index in [1.54, 1.807) is 0 Å². The quantitative estimate of drug-likeness (QED) is 0.124. The van der Waals surface area contributed by atoms with Crippen molar-refractivity contribution in [2.45, 2.75) is 45.6 Å². The maximum Gasteiger partial charge on any atom is 0.119 e. The van der Waals surface area contributed by atoms with E-state index in [0.717, 1.165) is 36.0 Å². The lowest BCUT2D eigenvalue weighted by atomic mass is 9.88. The van der Waals surface area contributed by atoms with Gasteiger partial charge in [0, 0.05) is 16.5 Å². The molecule has 0 N–H and O–H groups in total. The zero-order chi connectivity index (χ0) is 24.4. The van der Waals surface area contributed by atoms with Crippen molar-refractivity contribution in [2.75, 3.05) is 24.6 Å². The van der Waals surface area contributed by atoms with E-state index in [-0.39, 0.29) is 5.54 Å². The Hall–Kier alpha value is -2.11. The average molecular weight is 568 g/mol. The van der Waals surface area contributed by atoms with E-state index in [2.05, 4.69) is 140 Å². The molecule has 0 aliphatic heterocycles. The Bertz CT molecular complexity index is 1020. The van der Waals surface area contributed by atoms with E-state index < -0.39 is 0 Å². The van der Waals surface area contributed by atoms with E-state index in [1.165, 1.54) is 27.8 Å². The summed E-state index contributed by atoms with van der Waals surface area (Å²) in [4.78, 5) is 2.47. The van der Waals surface area contributed by atoms with Crippen LogP contribution in [-0.2, 0) is 0 Å². The fraction of sp³-hybridized carbons (Fsp3) is 0.355. The predicted octanol–water partition coefficient (Wildman–Crippen LogP) is 8.36. The van der Waals surface area contributed by atoms with Crippen LogP contribution in [0.15, 0.2) is 84.9 Å². The molecule has 0 unspecified atom stereocenters. The average Bonchev–Trinajstić information content (AvgIpc) is 2.90. The maximum absolute atomic E-state index is 6.16. The topological polar surface area (TPSA) is 12.5 Å². The summed E-state index contributed by atoms with van der Waals surface area (Å²) in [6, 6.07) is 30.1. The summed E-state index contributed by atoms with van der Waals surface area (Å²) in [5.74, 6) is 0.926. The second-order valence-corrected chi connectivity index (χ2v) is 9.56. The van der Waals surface area contributed by atoms with Crippen LogP contribution in [0.25, 0.3) is 11.1 Å². The molecule has 3 rings (SSSR count). The number of nitrogens with zero attached hydrogens (tertiary/aromatic N) is 1. The van der Waals surface area contributed by atoms with Gasteiger partial charge < -0.3 is 4.74 Å². The molecule has 0 amide bonds. The third-order valence-corrected chi connectivity index (χ3v) is 8.47. The van der Waals surface area contributed by atoms with Gasteiger partial charge in [-0.2, -0.15) is 0 Å². The second kappa shape index (κ2) is 13.1. The van der Waals surface area contributed by atoms with Crippen LogP contribution in [0.5, 0.6) is 5.75 Å². The van der Waals surface area contributed by atoms with Gasteiger partial charge in [-0.25, -0.2) is 0 Å². The summed E-state index contributed by atoms with van der Waals surface area (Å²) in [7, 11) is 2.23. The molecular formula is C31H38INO. The molecule has 0 spiro atoms. The number of allylic oxidation sites excluding steroid dienone is 1. The number of halogens is 1. The van der Waals surface area contributed by atoms with Gasteiger partial charge >= 0.3 is 0 Å². The minimum Gasteiger partial charge on any atom is -0.492 e. The summed E-state index contributed by atoms with van der Waals surface area (Å²) in [6.07, 6.45) is 3.28. The van der Waals surface area contributed by atoms with Gasteiger partial charge in [-0.05, 0) is 66.3 Å². The first-order valence-electron chi connectivity index (χ1n) is 12.4. The first kappa shape index (κ1) is 26.5. The Morgan fingerprint density at radius 2 is 1.29 bits per heavy atom. The molecule has 0 saturated carbocycles. The Morgan fingerprint density at radius 1 is 0.765 bits per heavy atom. The number of ether oxygens (including phenoxy) is 1. The Kier molecular flexibility index (Phi) is 10.2. The standard InChI is InChI=1S/C31H38INO/c1-5-29(25-14-10-8-11-15-25)30(26-16-12-9-13-17-26)27-18-20-28(21-19-27)34-23-22-33(4)31(6-2,7-3)24-32/h8-21H,5-7,22-24H2,1-4H3/b30-29-. The van der Waals surface area contributed by atoms with E-state index >= 15 is 0 Å². The van der Waals surface area contributed by atoms with Crippen molar-refractivity contribution in [2.24, 2.45) is 0 Å². The lowest BCUT2D eigenvalue weighted by Gasteiger charge is -2.39. The van der Waals surface area contributed by atoms with Gasteiger partial charge in [0.15, 0.2) is 0 Å². The number of hydrogen-bond acceptors (Lipinski definition) is 2. The number of likely N-dealkylation sites (N-methyl/N-ethyl adjacent to an activating group) is 1. The maximum atomic E-state index is 6.16. The van der Waals surface area contributed by atoms with Crippen molar-refractivity contribution in [3.05, 3.63) is 102 Å². The third-order valence-electron chi connectivity index (χ3n) is 7.05. The van der Waals surface area contributed by atoms with Crippen LogP contribution in [0.1, 0.15) is 56.7 Å². The van der Waals surface area contributed by atoms with Crippen LogP contribution in [0.4, 0.5) is 0 Å². The molecule has 3 heteroatoms. The fourth-order valence-electron chi connectivity index (χ4n) is 4.62. The summed E-state index contributed by atoms with van der Waals surface area (Å²) in [5.41, 5.74) is 6.65. The first-order valence-corrected chi connectivity index (χ1v) is 14.0. The lowest BCUT2D eigenvalue weighted by molar-refractivity contribution is 0.112. The minimum atomic E-state index is 0.261. The fourth-order valence-corrected chi connectivity index (χ4v) is 6.28. The SMILES string of the molecule is CC/C(=C(\c1ccccc1)c1ccc(OCCN(C)C(CC)(CC)CI)cc1)c1ccccc1. The molecule has 0 aromatic heterocycles. The highest BCUT2D eigenvalue weighted by atomic mass is 127. The van der Waals surface area contributed by atoms with Crippen LogP contribution in [-0.4, -0.2) is 35.1 Å². The largest absolute Gasteiger partial charge is 0.492 e. The molecule has 3 aromatic carbocycles. The summed E-state index contributed by atoms with van der Waals surface area (Å²) < 4.78 is 7.29. The molecule has 180 valence electrons. The smallest absolute Gasteiger partial charge is 0.119 e. The van der Waals surface area contributed by atoms with Crippen LogP contribution in [0.3, 0.4) is 0 Å². The zero-order valence-electron chi connectivity index (χ0n) is 21.1. The number of benzene rings is 3. The van der Waals surface area contributed by atoms with Gasteiger partial charge in [0.05, 0.1) is 0 Å². The molecule has 0 radical (unpaired) electrons. The molecular weight excluding hydrogens is 529 g/mol. The number of hydrogen-bond donors (Lipinski definition) is 0. The van der Waals surface area contributed by atoms with Crippen molar-refractivity contribution < 1.29 is 4.74 Å².